The van der Waals surface area contributed by atoms with Crippen LogP contribution in [0.2, 0.25) is 0 Å². The zero-order valence-corrected chi connectivity index (χ0v) is 8.16. The summed E-state index contributed by atoms with van der Waals surface area (Å²) in [6, 6.07) is 0. The van der Waals surface area contributed by atoms with Crippen LogP contribution in [0, 0.1) is 23.3 Å². The molecule has 0 atom stereocenters. The topological polar surface area (TPSA) is 32.3 Å². The smallest absolute Gasteiger partial charge is 0.185 e. The molecule has 1 aromatic rings. The minimum Gasteiger partial charge on any atom is -0.395 e. The van der Waals surface area contributed by atoms with Crippen LogP contribution in [0.3, 0.4) is 0 Å². The molecule has 0 aliphatic carbocycles. The van der Waals surface area contributed by atoms with Crippen LogP contribution in [0.5, 0.6) is 0 Å². The largest absolute Gasteiger partial charge is 0.395 e. The third-order valence-corrected chi connectivity index (χ3v) is 1.92. The molecule has 16 heavy (non-hydrogen) atoms. The average Bonchev–Trinajstić information content (AvgIpc) is 2.27. The van der Waals surface area contributed by atoms with Crippen molar-refractivity contribution in [3.63, 3.8) is 0 Å². The molecule has 0 spiro atoms. The summed E-state index contributed by atoms with van der Waals surface area (Å²) in [6.45, 7) is 2.41. The predicted molar refractivity (Wildman–Crippen MR) is 51.9 cm³/mol. The first-order valence-electron chi connectivity index (χ1n) is 4.37. The van der Waals surface area contributed by atoms with Crippen molar-refractivity contribution in [2.24, 2.45) is 0 Å². The molecule has 0 unspecified atom stereocenters. The second-order valence-corrected chi connectivity index (χ2v) is 2.90. The number of aliphatic hydroxyl groups excluding tert-OH is 1. The van der Waals surface area contributed by atoms with Crippen molar-refractivity contribution in [1.29, 1.82) is 0 Å². The molecule has 2 N–H and O–H groups in total. The van der Waals surface area contributed by atoms with E-state index in [9.17, 15) is 17.6 Å². The molecule has 0 amide bonds. The Hall–Kier alpha value is -1.56. The summed E-state index contributed by atoms with van der Waals surface area (Å²) in [7, 11) is 0. The van der Waals surface area contributed by atoms with E-state index in [1.807, 2.05) is 5.32 Å². The van der Waals surface area contributed by atoms with Crippen LogP contribution in [0.25, 0.3) is 6.08 Å². The number of halogens is 4. The number of anilines is 1. The van der Waals surface area contributed by atoms with Gasteiger partial charge < -0.3 is 10.4 Å². The highest BCUT2D eigenvalue weighted by Crippen LogP contribution is 2.28. The Labute approximate surface area is 89.2 Å². The van der Waals surface area contributed by atoms with Gasteiger partial charge in [-0.1, -0.05) is 12.7 Å². The van der Waals surface area contributed by atoms with Gasteiger partial charge in [0.05, 0.1) is 12.2 Å². The lowest BCUT2D eigenvalue weighted by Crippen LogP contribution is -2.12. The molecule has 1 aromatic carbocycles. The number of rotatable bonds is 4. The molecule has 0 aliphatic heterocycles. The van der Waals surface area contributed by atoms with Crippen molar-refractivity contribution in [2.45, 2.75) is 0 Å². The zero-order valence-electron chi connectivity index (χ0n) is 8.16. The maximum atomic E-state index is 13.2. The molecule has 0 aliphatic rings. The van der Waals surface area contributed by atoms with Gasteiger partial charge in [-0.05, 0) is 0 Å². The maximum Gasteiger partial charge on any atom is 0.185 e. The van der Waals surface area contributed by atoms with E-state index in [0.717, 1.165) is 0 Å². The Kier molecular flexibility index (Phi) is 3.89. The molecule has 0 saturated heterocycles. The molecule has 2 nitrogen and oxygen atoms in total. The second kappa shape index (κ2) is 4.98. The average molecular weight is 235 g/mol. The molecular formula is C10H9F4NO. The minimum absolute atomic E-state index is 0.222. The minimum atomic E-state index is -1.54. The van der Waals surface area contributed by atoms with E-state index >= 15 is 0 Å². The molecule has 0 fully saturated rings. The fraction of sp³-hybridized carbons (Fsp3) is 0.200. The third-order valence-electron chi connectivity index (χ3n) is 1.92. The molecular weight excluding hydrogens is 226 g/mol. The van der Waals surface area contributed by atoms with Gasteiger partial charge in [-0.2, -0.15) is 0 Å². The lowest BCUT2D eigenvalue weighted by molar-refractivity contribution is 0.310. The van der Waals surface area contributed by atoms with Crippen LogP contribution in [0.4, 0.5) is 23.2 Å². The van der Waals surface area contributed by atoms with Crippen molar-refractivity contribution < 1.29 is 22.7 Å². The van der Waals surface area contributed by atoms with Gasteiger partial charge in [-0.25, -0.2) is 17.6 Å². The number of nitrogens with one attached hydrogen (secondary N) is 1. The first-order valence-corrected chi connectivity index (χ1v) is 4.37. The van der Waals surface area contributed by atoms with E-state index in [1.54, 1.807) is 0 Å². The molecule has 0 heterocycles. The Bertz CT molecular complexity index is 391. The molecule has 0 bridgehead atoms. The molecule has 1 rings (SSSR count). The highest BCUT2D eigenvalue weighted by molar-refractivity contribution is 5.57. The Morgan fingerprint density at radius 3 is 1.94 bits per heavy atom. The van der Waals surface area contributed by atoms with Crippen LogP contribution in [-0.2, 0) is 0 Å². The van der Waals surface area contributed by atoms with Gasteiger partial charge in [0.15, 0.2) is 23.3 Å². The summed E-state index contributed by atoms with van der Waals surface area (Å²) in [5, 5.41) is 10.5. The second-order valence-electron chi connectivity index (χ2n) is 2.90. The molecule has 0 radical (unpaired) electrons. The van der Waals surface area contributed by atoms with Gasteiger partial charge in [-0.15, -0.1) is 0 Å². The molecule has 0 saturated carbocycles. The fourth-order valence-electron chi connectivity index (χ4n) is 1.16. The maximum absolute atomic E-state index is 13.2. The first-order chi connectivity index (χ1) is 7.54. The van der Waals surface area contributed by atoms with Crippen molar-refractivity contribution in [3.8, 4) is 0 Å². The molecule has 88 valence electrons. The fourth-order valence-corrected chi connectivity index (χ4v) is 1.16. The van der Waals surface area contributed by atoms with E-state index in [-0.39, 0.29) is 6.54 Å². The van der Waals surface area contributed by atoms with Crippen LogP contribution in [-0.4, -0.2) is 18.3 Å². The highest BCUT2D eigenvalue weighted by Gasteiger charge is 2.23. The Balaban J connectivity index is 3.35. The summed E-state index contributed by atoms with van der Waals surface area (Å²) in [5.41, 5.74) is -1.79. The quantitative estimate of drug-likeness (QED) is 0.620. The van der Waals surface area contributed by atoms with Crippen LogP contribution >= 0.6 is 0 Å². The zero-order chi connectivity index (χ0) is 12.3. The van der Waals surface area contributed by atoms with Gasteiger partial charge in [0.25, 0.3) is 0 Å². The number of benzene rings is 1. The summed E-state index contributed by atoms with van der Waals surface area (Å²) in [6.07, 6.45) is 0.687. The summed E-state index contributed by atoms with van der Waals surface area (Å²) in [5.74, 6) is -6.12. The summed E-state index contributed by atoms with van der Waals surface area (Å²) in [4.78, 5) is 0. The van der Waals surface area contributed by atoms with Crippen molar-refractivity contribution in [1.82, 2.24) is 0 Å². The normalized spacial score (nSPS) is 10.3. The van der Waals surface area contributed by atoms with Crippen LogP contribution < -0.4 is 5.32 Å². The highest BCUT2D eigenvalue weighted by atomic mass is 19.2. The van der Waals surface area contributed by atoms with E-state index in [1.165, 1.54) is 0 Å². The standard InChI is InChI=1S/C10H9F4NO/c1-2-5-6(11)8(13)10(15-3-4-16)9(14)7(5)12/h2,15-16H,1,3-4H2. The monoisotopic (exact) mass is 235 g/mol. The summed E-state index contributed by atoms with van der Waals surface area (Å²) >= 11 is 0. The van der Waals surface area contributed by atoms with Crippen molar-refractivity contribution in [3.05, 3.63) is 35.4 Å². The van der Waals surface area contributed by atoms with Crippen molar-refractivity contribution in [2.75, 3.05) is 18.5 Å². The van der Waals surface area contributed by atoms with E-state index < -0.39 is 41.1 Å². The molecule has 0 aromatic heterocycles. The Morgan fingerprint density at radius 2 is 1.56 bits per heavy atom. The van der Waals surface area contributed by atoms with Gasteiger partial charge >= 0.3 is 0 Å². The van der Waals surface area contributed by atoms with E-state index in [2.05, 4.69) is 6.58 Å². The van der Waals surface area contributed by atoms with Gasteiger partial charge in [0, 0.05) is 6.54 Å². The Morgan fingerprint density at radius 1 is 1.06 bits per heavy atom. The van der Waals surface area contributed by atoms with Crippen LogP contribution in [0.1, 0.15) is 5.56 Å². The number of hydrogen-bond donors (Lipinski definition) is 2. The van der Waals surface area contributed by atoms with Gasteiger partial charge in [0.2, 0.25) is 0 Å². The summed E-state index contributed by atoms with van der Waals surface area (Å²) < 4.78 is 52.8. The van der Waals surface area contributed by atoms with Gasteiger partial charge in [-0.3, -0.25) is 0 Å². The number of hydrogen-bond acceptors (Lipinski definition) is 2. The third kappa shape index (κ3) is 2.01. The first kappa shape index (κ1) is 12.5. The predicted octanol–water partition coefficient (Wildman–Crippen LogP) is 2.29. The SMILES string of the molecule is C=Cc1c(F)c(F)c(NCCO)c(F)c1F. The van der Waals surface area contributed by atoms with Gasteiger partial charge in [0.1, 0.15) is 5.69 Å². The van der Waals surface area contributed by atoms with E-state index in [4.69, 9.17) is 5.11 Å². The number of aliphatic hydroxyl groups is 1. The lowest BCUT2D eigenvalue weighted by atomic mass is 10.1. The lowest BCUT2D eigenvalue weighted by Gasteiger charge is -2.10. The van der Waals surface area contributed by atoms with Crippen LogP contribution in [0.15, 0.2) is 6.58 Å². The molecule has 6 heteroatoms. The van der Waals surface area contributed by atoms with Crippen molar-refractivity contribution >= 4 is 11.8 Å². The van der Waals surface area contributed by atoms with E-state index in [0.29, 0.717) is 6.08 Å².